The average molecular weight is 235 g/mol. The van der Waals surface area contributed by atoms with E-state index in [0.717, 1.165) is 31.2 Å². The second-order valence-electron chi connectivity index (χ2n) is 6.32. The Morgan fingerprint density at radius 1 is 1.50 bits per heavy atom. The van der Waals surface area contributed by atoms with Gasteiger partial charge in [0, 0.05) is 19.5 Å². The molecule has 4 atom stereocenters. The van der Waals surface area contributed by atoms with Crippen LogP contribution in [-0.2, 0) is 0 Å². The molecule has 1 aliphatic carbocycles. The number of thiocarbonyl (C=S) groups is 1. The fourth-order valence-corrected chi connectivity index (χ4v) is 3.95. The third-order valence-corrected chi connectivity index (χ3v) is 4.92. The fourth-order valence-electron chi connectivity index (χ4n) is 3.57. The molecule has 0 aromatic rings. The molecule has 0 bridgehead atoms. The lowest BCUT2D eigenvalue weighted by Gasteiger charge is -2.41. The van der Waals surface area contributed by atoms with Crippen molar-refractivity contribution in [2.24, 2.45) is 17.8 Å². The van der Waals surface area contributed by atoms with Crippen molar-refractivity contribution in [3.63, 3.8) is 0 Å². The van der Waals surface area contributed by atoms with Crippen LogP contribution >= 0.6 is 12.2 Å². The largest absolute Gasteiger partial charge is 0.369 e. The van der Waals surface area contributed by atoms with Crippen LogP contribution in [0, 0.1) is 17.8 Å². The van der Waals surface area contributed by atoms with Crippen molar-refractivity contribution in [3.8, 4) is 0 Å². The van der Waals surface area contributed by atoms with E-state index in [2.05, 4.69) is 25.8 Å². The Morgan fingerprint density at radius 3 is 2.88 bits per heavy atom. The monoisotopic (exact) mass is 235 g/mol. The first-order valence-electron chi connectivity index (χ1n) is 6.43. The Morgan fingerprint density at radius 2 is 2.19 bits per heavy atom. The molecule has 16 heavy (non-hydrogen) atoms. The Hall–Kier alpha value is -0.0451. The molecule has 1 saturated heterocycles. The van der Waals surface area contributed by atoms with Crippen molar-refractivity contribution < 1.29 is 0 Å². The maximum Gasteiger partial charge on any atom is 0.0810 e. The second-order valence-corrected chi connectivity index (χ2v) is 6.74. The lowest BCUT2D eigenvalue weighted by atomic mass is 9.56. The lowest BCUT2D eigenvalue weighted by Crippen LogP contribution is -2.37. The van der Waals surface area contributed by atoms with Crippen molar-refractivity contribution in [1.82, 2.24) is 4.90 Å². The molecule has 1 nitrogen and oxygen atoms in total. The summed E-state index contributed by atoms with van der Waals surface area (Å²) in [5, 5.41) is 0.0411. The van der Waals surface area contributed by atoms with Crippen LogP contribution in [0.1, 0.15) is 39.5 Å². The maximum absolute atomic E-state index is 6.30. The van der Waals surface area contributed by atoms with Gasteiger partial charge in [-0.05, 0) is 24.7 Å². The van der Waals surface area contributed by atoms with E-state index in [1.807, 2.05) is 0 Å². The molecule has 0 spiro atoms. The molecule has 2 rings (SSSR count). The van der Waals surface area contributed by atoms with Crippen LogP contribution in [0.3, 0.4) is 0 Å². The summed E-state index contributed by atoms with van der Waals surface area (Å²) in [5.41, 5.74) is 0. The molecule has 4 unspecified atom stereocenters. The first kappa shape index (κ1) is 12.4. The predicted molar refractivity (Wildman–Crippen MR) is 74.0 cm³/mol. The van der Waals surface area contributed by atoms with E-state index < -0.39 is 0 Å². The maximum atomic E-state index is 6.30. The highest BCUT2D eigenvalue weighted by Gasteiger charge is 2.39. The van der Waals surface area contributed by atoms with Crippen molar-refractivity contribution >= 4 is 25.1 Å². The van der Waals surface area contributed by atoms with Gasteiger partial charge >= 0.3 is 0 Å². The van der Waals surface area contributed by atoms with Crippen molar-refractivity contribution in [3.05, 3.63) is 0 Å². The van der Waals surface area contributed by atoms with Gasteiger partial charge in [-0.1, -0.05) is 44.2 Å². The summed E-state index contributed by atoms with van der Waals surface area (Å²) in [4.78, 5) is 3.48. The van der Waals surface area contributed by atoms with E-state index in [1.165, 1.54) is 17.8 Å². The molecule has 0 N–H and O–H groups in total. The van der Waals surface area contributed by atoms with Gasteiger partial charge < -0.3 is 4.90 Å². The summed E-state index contributed by atoms with van der Waals surface area (Å²) in [5.74, 6) is 2.07. The zero-order chi connectivity index (χ0) is 11.9. The molecular formula is C13H22BNS. The third kappa shape index (κ3) is 2.44. The normalized spacial score (nSPS) is 45.1. The Labute approximate surface area is 106 Å². The molecule has 0 amide bonds. The third-order valence-electron chi connectivity index (χ3n) is 4.31. The highest BCUT2D eigenvalue weighted by atomic mass is 32.1. The second kappa shape index (κ2) is 4.32. The van der Waals surface area contributed by atoms with E-state index in [9.17, 15) is 0 Å². The number of hydrogen-bond acceptors (Lipinski definition) is 1. The van der Waals surface area contributed by atoms with Gasteiger partial charge in [0.1, 0.15) is 0 Å². The van der Waals surface area contributed by atoms with E-state index >= 15 is 0 Å². The van der Waals surface area contributed by atoms with E-state index in [0.29, 0.717) is 5.92 Å². The van der Waals surface area contributed by atoms with Gasteiger partial charge in [0.2, 0.25) is 0 Å². The van der Waals surface area contributed by atoms with Gasteiger partial charge in [0.15, 0.2) is 0 Å². The minimum Gasteiger partial charge on any atom is -0.369 e. The summed E-state index contributed by atoms with van der Waals surface area (Å²) < 4.78 is 0. The van der Waals surface area contributed by atoms with Crippen LogP contribution in [0.15, 0.2) is 0 Å². The molecule has 1 aliphatic heterocycles. The van der Waals surface area contributed by atoms with Crippen LogP contribution in [0.25, 0.3) is 0 Å². The summed E-state index contributed by atoms with van der Waals surface area (Å²) in [6, 6.07) is 0. The van der Waals surface area contributed by atoms with Gasteiger partial charge in [-0.25, -0.2) is 0 Å². The van der Waals surface area contributed by atoms with E-state index in [4.69, 9.17) is 20.1 Å². The smallest absolute Gasteiger partial charge is 0.0810 e. The number of rotatable bonds is 0. The fraction of sp³-hybridized carbons (Fsp3) is 0.923. The molecule has 0 aromatic carbocycles. The minimum absolute atomic E-state index is 0.0411. The zero-order valence-corrected chi connectivity index (χ0v) is 11.5. The highest BCUT2D eigenvalue weighted by Crippen LogP contribution is 2.48. The SMILES string of the molecule is [B]C1(C)CCC2C(=S)N(C)CC(C)CC2C1. The minimum atomic E-state index is 0.0411. The van der Waals surface area contributed by atoms with Crippen LogP contribution in [-0.4, -0.2) is 31.3 Å². The van der Waals surface area contributed by atoms with Crippen LogP contribution < -0.4 is 0 Å². The number of hydrogen-bond donors (Lipinski definition) is 0. The summed E-state index contributed by atoms with van der Waals surface area (Å²) in [6.07, 6.45) is 4.75. The standard InChI is InChI=1S/C13H22BNS/c1-9-6-10-7-13(2,14)5-4-11(10)12(16)15(3)8-9/h9-11H,4-8H2,1-3H3. The first-order chi connectivity index (χ1) is 7.39. The molecule has 2 radical (unpaired) electrons. The van der Waals surface area contributed by atoms with Gasteiger partial charge in [-0.15, -0.1) is 0 Å². The summed E-state index contributed by atoms with van der Waals surface area (Å²) >= 11 is 5.63. The quantitative estimate of drug-likeness (QED) is 0.469. The molecule has 2 aliphatic rings. The van der Waals surface area contributed by atoms with Crippen LogP contribution in [0.5, 0.6) is 0 Å². The van der Waals surface area contributed by atoms with Gasteiger partial charge in [0.05, 0.1) is 12.8 Å². The number of fused-ring (bicyclic) bond motifs is 1. The zero-order valence-electron chi connectivity index (χ0n) is 10.7. The molecule has 0 aromatic heterocycles. The Kier molecular flexibility index (Phi) is 3.35. The van der Waals surface area contributed by atoms with Crippen molar-refractivity contribution in [1.29, 1.82) is 0 Å². The van der Waals surface area contributed by atoms with Gasteiger partial charge in [-0.2, -0.15) is 0 Å². The molecule has 1 heterocycles. The topological polar surface area (TPSA) is 3.24 Å². The summed E-state index contributed by atoms with van der Waals surface area (Å²) in [6.45, 7) is 5.66. The molecular weight excluding hydrogens is 213 g/mol. The number of nitrogens with zero attached hydrogens (tertiary/aromatic N) is 1. The van der Waals surface area contributed by atoms with E-state index in [-0.39, 0.29) is 5.31 Å². The van der Waals surface area contributed by atoms with E-state index in [1.54, 1.807) is 0 Å². The van der Waals surface area contributed by atoms with Crippen molar-refractivity contribution in [2.75, 3.05) is 13.6 Å². The van der Waals surface area contributed by atoms with Crippen molar-refractivity contribution in [2.45, 2.75) is 44.8 Å². The molecule has 88 valence electrons. The predicted octanol–water partition coefficient (Wildman–Crippen LogP) is 3.05. The Bertz CT molecular complexity index is 290. The molecule has 1 saturated carbocycles. The molecule has 3 heteroatoms. The average Bonchev–Trinajstić information content (AvgIpc) is 2.23. The molecule has 2 fully saturated rings. The first-order valence-corrected chi connectivity index (χ1v) is 6.84. The lowest BCUT2D eigenvalue weighted by molar-refractivity contribution is 0.225. The van der Waals surface area contributed by atoms with Gasteiger partial charge in [-0.3, -0.25) is 0 Å². The Balaban J connectivity index is 2.17. The highest BCUT2D eigenvalue weighted by molar-refractivity contribution is 7.80. The van der Waals surface area contributed by atoms with Crippen LogP contribution in [0.4, 0.5) is 0 Å². The number of likely N-dealkylation sites (tertiary alicyclic amines) is 1. The van der Waals surface area contributed by atoms with Crippen LogP contribution in [0.2, 0.25) is 5.31 Å². The van der Waals surface area contributed by atoms with Gasteiger partial charge in [0.25, 0.3) is 0 Å². The summed E-state index contributed by atoms with van der Waals surface area (Å²) in [7, 11) is 8.45.